The lowest BCUT2D eigenvalue weighted by atomic mass is 10.1. The molecule has 1 rings (SSSR count). The molecule has 1 unspecified atom stereocenters. The molecule has 1 aliphatic heterocycles. The summed E-state index contributed by atoms with van der Waals surface area (Å²) in [5.74, 6) is -0.634. The van der Waals surface area contributed by atoms with Gasteiger partial charge >= 0.3 is 5.97 Å². The summed E-state index contributed by atoms with van der Waals surface area (Å²) >= 11 is 0. The van der Waals surface area contributed by atoms with Crippen LogP contribution >= 0.6 is 0 Å². The third-order valence-electron chi connectivity index (χ3n) is 3.72. The lowest BCUT2D eigenvalue weighted by Gasteiger charge is -2.26. The van der Waals surface area contributed by atoms with Gasteiger partial charge in [-0.15, -0.1) is 0 Å². The second kappa shape index (κ2) is 12.1. The van der Waals surface area contributed by atoms with Gasteiger partial charge in [-0.05, 0) is 25.7 Å². The summed E-state index contributed by atoms with van der Waals surface area (Å²) in [7, 11) is 0. The zero-order chi connectivity index (χ0) is 17.8. The molecule has 2 N–H and O–H groups in total. The topological polar surface area (TPSA) is 78.9 Å². The monoisotopic (exact) mass is 328 g/mol. The number of amides is 1. The molecule has 0 bridgehead atoms. The van der Waals surface area contributed by atoms with E-state index < -0.39 is 12.0 Å². The van der Waals surface area contributed by atoms with Crippen molar-refractivity contribution < 1.29 is 19.4 Å². The largest absolute Gasteiger partial charge is 0.480 e. The van der Waals surface area contributed by atoms with Gasteiger partial charge in [0.1, 0.15) is 12.8 Å². The first kappa shape index (κ1) is 21.6. The fourth-order valence-corrected chi connectivity index (χ4v) is 2.63. The zero-order valence-electron chi connectivity index (χ0n) is 15.0. The van der Waals surface area contributed by atoms with Crippen molar-refractivity contribution in [3.63, 3.8) is 0 Å². The highest BCUT2D eigenvalue weighted by molar-refractivity contribution is 5.74. The van der Waals surface area contributed by atoms with Gasteiger partial charge in [-0.1, -0.05) is 32.9 Å². The molecule has 0 aliphatic carbocycles. The number of carboxylic acids is 1. The van der Waals surface area contributed by atoms with Crippen molar-refractivity contribution in [2.75, 3.05) is 19.8 Å². The highest BCUT2D eigenvalue weighted by Crippen LogP contribution is 2.25. The molecule has 0 aromatic heterocycles. The Labute approximate surface area is 139 Å². The van der Waals surface area contributed by atoms with Crippen molar-refractivity contribution in [3.05, 3.63) is 12.2 Å². The summed E-state index contributed by atoms with van der Waals surface area (Å²) in [4.78, 5) is 24.2. The van der Waals surface area contributed by atoms with E-state index in [9.17, 15) is 14.7 Å². The van der Waals surface area contributed by atoms with Gasteiger partial charge < -0.3 is 15.2 Å². The summed E-state index contributed by atoms with van der Waals surface area (Å²) < 4.78 is 5.60. The van der Waals surface area contributed by atoms with Crippen LogP contribution in [0.4, 0.5) is 0 Å². The minimum Gasteiger partial charge on any atom is -0.480 e. The minimum absolute atomic E-state index is 0.0805. The van der Waals surface area contributed by atoms with E-state index in [-0.39, 0.29) is 24.7 Å². The number of allylic oxidation sites excluding steroid dienone is 1. The number of carbonyl (C=O) groups excluding carboxylic acids is 1. The molecule has 1 heterocycles. The molecule has 6 heteroatoms. The minimum atomic E-state index is -0.779. The summed E-state index contributed by atoms with van der Waals surface area (Å²) in [6.45, 7) is 10.9. The third-order valence-corrected chi connectivity index (χ3v) is 3.72. The summed E-state index contributed by atoms with van der Waals surface area (Å²) in [5, 5.41) is 11.9. The molecular formula is C17H32N2O4. The number of carboxylic acid groups (broad SMARTS) is 1. The molecule has 0 aromatic rings. The zero-order valence-corrected chi connectivity index (χ0v) is 15.0. The fourth-order valence-electron chi connectivity index (χ4n) is 2.63. The van der Waals surface area contributed by atoms with E-state index in [2.05, 4.69) is 11.4 Å². The van der Waals surface area contributed by atoms with Gasteiger partial charge in [-0.3, -0.25) is 14.5 Å². The molecular weight excluding hydrogens is 296 g/mol. The van der Waals surface area contributed by atoms with Crippen LogP contribution in [-0.2, 0) is 14.3 Å². The van der Waals surface area contributed by atoms with E-state index in [0.717, 1.165) is 13.0 Å². The van der Waals surface area contributed by atoms with Crippen LogP contribution in [0.2, 0.25) is 0 Å². The van der Waals surface area contributed by atoms with Gasteiger partial charge in [0.05, 0.1) is 6.10 Å². The number of carbonyl (C=O) groups is 2. The van der Waals surface area contributed by atoms with E-state index in [1.54, 1.807) is 0 Å². The van der Waals surface area contributed by atoms with E-state index >= 15 is 0 Å². The number of ether oxygens (including phenoxy) is 1. The quantitative estimate of drug-likeness (QED) is 0.528. The number of hydrogen-bond acceptors (Lipinski definition) is 4. The average Bonchev–Trinajstić information content (AvgIpc) is 2.91. The molecule has 1 amide bonds. The number of likely N-dealkylation sites (tertiary alicyclic amines) is 1. The predicted molar refractivity (Wildman–Crippen MR) is 91.1 cm³/mol. The first-order valence-electron chi connectivity index (χ1n) is 8.43. The molecule has 6 nitrogen and oxygen atoms in total. The molecule has 0 aromatic carbocycles. The first-order valence-corrected chi connectivity index (χ1v) is 8.43. The first-order chi connectivity index (χ1) is 11.0. The number of nitrogens with one attached hydrogen (secondary N) is 1. The van der Waals surface area contributed by atoms with Crippen molar-refractivity contribution in [1.82, 2.24) is 10.2 Å². The molecule has 1 aliphatic rings. The smallest absolute Gasteiger partial charge is 0.320 e. The number of aliphatic carboxylic acids is 1. The second-order valence-corrected chi connectivity index (χ2v) is 5.40. The van der Waals surface area contributed by atoms with Crippen LogP contribution in [0, 0.1) is 5.92 Å². The van der Waals surface area contributed by atoms with Crippen molar-refractivity contribution in [1.29, 1.82) is 0 Å². The third kappa shape index (κ3) is 8.13. The van der Waals surface area contributed by atoms with Crippen LogP contribution in [0.15, 0.2) is 12.2 Å². The van der Waals surface area contributed by atoms with Gasteiger partial charge in [-0.25, -0.2) is 0 Å². The Morgan fingerprint density at radius 1 is 1.43 bits per heavy atom. The van der Waals surface area contributed by atoms with Crippen molar-refractivity contribution in [2.45, 2.75) is 59.6 Å². The lowest BCUT2D eigenvalue weighted by molar-refractivity contribution is -0.142. The average molecular weight is 328 g/mol. The normalized spacial score (nSPS) is 22.5. The Hall–Kier alpha value is -1.40. The Morgan fingerprint density at radius 2 is 2.09 bits per heavy atom. The SMILES string of the molecule is CC.CC=C[C@@H]1C[C@H](C(=O)O)N(CC(CC)OCNC(C)=O)C1. The summed E-state index contributed by atoms with van der Waals surface area (Å²) in [6, 6.07) is -0.454. The number of nitrogens with zero attached hydrogens (tertiary/aromatic N) is 1. The summed E-state index contributed by atoms with van der Waals surface area (Å²) in [5.41, 5.74) is 0. The van der Waals surface area contributed by atoms with Crippen LogP contribution in [0.25, 0.3) is 0 Å². The molecule has 3 atom stereocenters. The lowest BCUT2D eigenvalue weighted by Crippen LogP contribution is -2.42. The highest BCUT2D eigenvalue weighted by Gasteiger charge is 2.36. The standard InChI is InChI=1S/C15H26N2O4.C2H6/c1-4-6-12-7-14(15(19)20)17(8-12)9-13(5-2)21-10-16-11(3)18;1-2/h4,6,12-14H,5,7-10H2,1-3H3,(H,16,18)(H,19,20);1-2H3/t12-,13?,14-;/m1./s1. The van der Waals surface area contributed by atoms with Crippen LogP contribution in [-0.4, -0.2) is 53.8 Å². The molecule has 134 valence electrons. The maximum Gasteiger partial charge on any atom is 0.320 e. The highest BCUT2D eigenvalue weighted by atomic mass is 16.5. The van der Waals surface area contributed by atoms with Gasteiger partial charge in [-0.2, -0.15) is 0 Å². The van der Waals surface area contributed by atoms with Crippen molar-refractivity contribution in [2.24, 2.45) is 5.92 Å². The second-order valence-electron chi connectivity index (χ2n) is 5.40. The van der Waals surface area contributed by atoms with Gasteiger partial charge in [0.15, 0.2) is 0 Å². The van der Waals surface area contributed by atoms with Gasteiger partial charge in [0, 0.05) is 20.0 Å². The molecule has 0 radical (unpaired) electrons. The molecule has 23 heavy (non-hydrogen) atoms. The van der Waals surface area contributed by atoms with Crippen LogP contribution in [0.3, 0.4) is 0 Å². The maximum atomic E-state index is 11.4. The van der Waals surface area contributed by atoms with Gasteiger partial charge in [0.25, 0.3) is 0 Å². The van der Waals surface area contributed by atoms with E-state index in [1.165, 1.54) is 6.92 Å². The van der Waals surface area contributed by atoms with E-state index in [1.807, 2.05) is 38.7 Å². The molecule has 1 fully saturated rings. The Morgan fingerprint density at radius 3 is 2.57 bits per heavy atom. The van der Waals surface area contributed by atoms with E-state index in [4.69, 9.17) is 4.74 Å². The Balaban J connectivity index is 0.00000232. The van der Waals surface area contributed by atoms with Crippen molar-refractivity contribution in [3.8, 4) is 0 Å². The molecule has 0 saturated carbocycles. The predicted octanol–water partition coefficient (Wildman–Crippen LogP) is 2.25. The van der Waals surface area contributed by atoms with Gasteiger partial charge in [0.2, 0.25) is 5.91 Å². The fraction of sp³-hybridized carbons (Fsp3) is 0.765. The van der Waals surface area contributed by atoms with E-state index in [0.29, 0.717) is 13.0 Å². The van der Waals surface area contributed by atoms with Crippen LogP contribution in [0.5, 0.6) is 0 Å². The summed E-state index contributed by atoms with van der Waals surface area (Å²) in [6.07, 6.45) is 5.37. The maximum absolute atomic E-state index is 11.4. The number of hydrogen-bond donors (Lipinski definition) is 2. The molecule has 0 spiro atoms. The Bertz CT molecular complexity index is 385. The van der Waals surface area contributed by atoms with Crippen LogP contribution < -0.4 is 5.32 Å². The molecule has 1 saturated heterocycles. The Kier molecular flexibility index (Phi) is 11.3. The van der Waals surface area contributed by atoms with Crippen LogP contribution in [0.1, 0.15) is 47.5 Å². The number of rotatable bonds is 8. The van der Waals surface area contributed by atoms with Crippen molar-refractivity contribution >= 4 is 11.9 Å².